The first kappa shape index (κ1) is 20.7. The van der Waals surface area contributed by atoms with E-state index < -0.39 is 27.0 Å². The summed E-state index contributed by atoms with van der Waals surface area (Å²) >= 11 is 0. The zero-order valence-electron chi connectivity index (χ0n) is 17.0. The number of nitro groups is 2. The normalized spacial score (nSPS) is 11.3. The molecule has 10 nitrogen and oxygen atoms in total. The fourth-order valence-corrected chi connectivity index (χ4v) is 3.26. The Morgan fingerprint density at radius 3 is 2.56 bits per heavy atom. The van der Waals surface area contributed by atoms with Crippen LogP contribution in [0.3, 0.4) is 0 Å². The molecule has 0 radical (unpaired) electrons. The summed E-state index contributed by atoms with van der Waals surface area (Å²) in [5, 5.41) is 32.4. The van der Waals surface area contributed by atoms with E-state index in [9.17, 15) is 25.3 Å². The number of non-ortho nitro benzene ring substituents is 1. The number of fused-ring (bicyclic) bond motifs is 1. The molecule has 0 aliphatic rings. The highest BCUT2D eigenvalue weighted by Crippen LogP contribution is 2.35. The molecule has 4 aromatic rings. The van der Waals surface area contributed by atoms with Gasteiger partial charge in [-0.1, -0.05) is 12.1 Å². The van der Waals surface area contributed by atoms with Crippen LogP contribution in [0.4, 0.5) is 17.1 Å². The summed E-state index contributed by atoms with van der Waals surface area (Å²) in [7, 11) is 0. The average Bonchev–Trinajstić information content (AvgIpc) is 3.16. The van der Waals surface area contributed by atoms with Gasteiger partial charge in [-0.05, 0) is 49.2 Å². The number of phenolic OH excluding ortho intramolecular Hbond substituents is 1. The molecule has 0 aliphatic heterocycles. The molecule has 3 aromatic carbocycles. The van der Waals surface area contributed by atoms with E-state index in [4.69, 9.17) is 4.42 Å². The van der Waals surface area contributed by atoms with E-state index in [0.717, 1.165) is 23.4 Å². The maximum atomic E-state index is 11.1. The van der Waals surface area contributed by atoms with Gasteiger partial charge in [-0.3, -0.25) is 25.2 Å². The Morgan fingerprint density at radius 2 is 1.84 bits per heavy atom. The fraction of sp³-hybridized carbons (Fsp3) is 0.0909. The highest BCUT2D eigenvalue weighted by atomic mass is 16.6. The lowest BCUT2D eigenvalue weighted by molar-refractivity contribution is -0.394. The predicted octanol–water partition coefficient (Wildman–Crippen LogP) is 5.38. The summed E-state index contributed by atoms with van der Waals surface area (Å²) in [5.74, 6) is -0.290. The van der Waals surface area contributed by atoms with Crippen LogP contribution in [0.2, 0.25) is 0 Å². The van der Waals surface area contributed by atoms with Gasteiger partial charge in [-0.25, -0.2) is 4.98 Å². The number of nitrogens with zero attached hydrogens (tertiary/aromatic N) is 4. The van der Waals surface area contributed by atoms with Crippen LogP contribution < -0.4 is 0 Å². The largest absolute Gasteiger partial charge is 0.502 e. The Labute approximate surface area is 180 Å². The van der Waals surface area contributed by atoms with Crippen LogP contribution in [0, 0.1) is 34.1 Å². The molecule has 0 fully saturated rings. The Kier molecular flexibility index (Phi) is 5.11. The number of hydrogen-bond acceptors (Lipinski definition) is 8. The maximum absolute atomic E-state index is 11.1. The summed E-state index contributed by atoms with van der Waals surface area (Å²) in [6.07, 6.45) is 1.15. The third-order valence-corrected chi connectivity index (χ3v) is 4.93. The van der Waals surface area contributed by atoms with E-state index in [1.807, 2.05) is 31.2 Å². The molecule has 0 spiro atoms. The highest BCUT2D eigenvalue weighted by Gasteiger charge is 2.23. The average molecular weight is 432 g/mol. The standard InChI is InChI=1S/C22H16N4O6/c1-12-6-7-20-18(8-12)24-22(32-20)16-4-3-5-17(13(16)2)23-11-14-9-15(25(28)29)10-19(21(14)27)26(30)31/h3-11,27H,1-2H3. The molecule has 0 bridgehead atoms. The Bertz CT molecular complexity index is 1420. The number of nitro benzene ring substituents is 2. The smallest absolute Gasteiger partial charge is 0.318 e. The van der Waals surface area contributed by atoms with E-state index >= 15 is 0 Å². The minimum atomic E-state index is -0.888. The van der Waals surface area contributed by atoms with E-state index in [0.29, 0.717) is 34.4 Å². The molecule has 1 heterocycles. The molecule has 0 saturated heterocycles. The van der Waals surface area contributed by atoms with Gasteiger partial charge in [0, 0.05) is 23.4 Å². The lowest BCUT2D eigenvalue weighted by atomic mass is 10.1. The van der Waals surface area contributed by atoms with Crippen molar-refractivity contribution in [1.29, 1.82) is 0 Å². The molecule has 1 N–H and O–H groups in total. The summed E-state index contributed by atoms with van der Waals surface area (Å²) in [5.41, 5.74) is 2.88. The van der Waals surface area contributed by atoms with Crippen LogP contribution >= 0.6 is 0 Å². The van der Waals surface area contributed by atoms with Crippen molar-refractivity contribution in [1.82, 2.24) is 4.98 Å². The molecule has 4 rings (SSSR count). The third-order valence-electron chi connectivity index (χ3n) is 4.93. The predicted molar refractivity (Wildman–Crippen MR) is 118 cm³/mol. The zero-order valence-corrected chi connectivity index (χ0v) is 17.0. The van der Waals surface area contributed by atoms with Gasteiger partial charge in [0.05, 0.1) is 21.6 Å². The molecule has 0 aliphatic carbocycles. The SMILES string of the molecule is Cc1ccc2oc(-c3cccc(N=Cc4cc([N+](=O)[O-])cc([N+](=O)[O-])c4O)c3C)nc2c1. The third kappa shape index (κ3) is 3.76. The highest BCUT2D eigenvalue weighted by molar-refractivity contribution is 5.89. The van der Waals surface area contributed by atoms with E-state index in [2.05, 4.69) is 9.98 Å². The quantitative estimate of drug-likeness (QED) is 0.253. The molecule has 32 heavy (non-hydrogen) atoms. The Morgan fingerprint density at radius 1 is 1.06 bits per heavy atom. The number of oxazole rings is 1. The summed E-state index contributed by atoms with van der Waals surface area (Å²) < 4.78 is 5.86. The number of phenols is 1. The number of aromatic hydroxyl groups is 1. The van der Waals surface area contributed by atoms with Crippen LogP contribution in [0.1, 0.15) is 16.7 Å². The Balaban J connectivity index is 1.76. The van der Waals surface area contributed by atoms with Gasteiger partial charge in [-0.2, -0.15) is 0 Å². The first-order valence-electron chi connectivity index (χ1n) is 9.41. The zero-order chi connectivity index (χ0) is 23.0. The summed E-state index contributed by atoms with van der Waals surface area (Å²) in [6, 6.07) is 12.7. The monoisotopic (exact) mass is 432 g/mol. The van der Waals surface area contributed by atoms with Crippen molar-refractivity contribution < 1.29 is 19.4 Å². The minimum absolute atomic E-state index is 0.145. The van der Waals surface area contributed by atoms with Crippen molar-refractivity contribution in [2.24, 2.45) is 4.99 Å². The maximum Gasteiger partial charge on any atom is 0.318 e. The lowest BCUT2D eigenvalue weighted by Crippen LogP contribution is -1.96. The van der Waals surface area contributed by atoms with Gasteiger partial charge < -0.3 is 9.52 Å². The van der Waals surface area contributed by atoms with Gasteiger partial charge in [0.1, 0.15) is 5.52 Å². The second-order valence-electron chi connectivity index (χ2n) is 7.12. The number of aliphatic imine (C=N–C) groups is 1. The lowest BCUT2D eigenvalue weighted by Gasteiger charge is -2.05. The topological polar surface area (TPSA) is 145 Å². The number of aryl methyl sites for hydroxylation is 1. The van der Waals surface area contributed by atoms with Gasteiger partial charge in [0.25, 0.3) is 5.69 Å². The summed E-state index contributed by atoms with van der Waals surface area (Å²) in [4.78, 5) is 29.4. The first-order valence-corrected chi connectivity index (χ1v) is 9.41. The minimum Gasteiger partial charge on any atom is -0.502 e. The molecule has 1 aromatic heterocycles. The van der Waals surface area contributed by atoms with Crippen molar-refractivity contribution in [2.45, 2.75) is 13.8 Å². The van der Waals surface area contributed by atoms with Gasteiger partial charge >= 0.3 is 5.69 Å². The molecular weight excluding hydrogens is 416 g/mol. The van der Waals surface area contributed by atoms with E-state index in [-0.39, 0.29) is 5.56 Å². The number of hydrogen-bond donors (Lipinski definition) is 1. The van der Waals surface area contributed by atoms with Crippen LogP contribution in [-0.2, 0) is 0 Å². The molecule has 160 valence electrons. The molecule has 0 saturated carbocycles. The molecular formula is C22H16N4O6. The van der Waals surface area contributed by atoms with Crippen molar-refractivity contribution in [2.75, 3.05) is 0 Å². The Hall–Kier alpha value is -4.60. The first-order chi connectivity index (χ1) is 15.2. The van der Waals surface area contributed by atoms with Crippen molar-refractivity contribution in [3.05, 3.63) is 85.4 Å². The molecule has 0 amide bonds. The number of aromatic nitrogens is 1. The number of benzene rings is 3. The van der Waals surface area contributed by atoms with Gasteiger partial charge in [0.15, 0.2) is 5.58 Å². The molecule has 0 atom stereocenters. The van der Waals surface area contributed by atoms with Crippen molar-refractivity contribution in [3.63, 3.8) is 0 Å². The fourth-order valence-electron chi connectivity index (χ4n) is 3.26. The van der Waals surface area contributed by atoms with Crippen LogP contribution in [0.5, 0.6) is 5.75 Å². The van der Waals surface area contributed by atoms with Crippen LogP contribution in [-0.4, -0.2) is 26.2 Å². The van der Waals surface area contributed by atoms with Crippen LogP contribution in [0.15, 0.2) is 57.9 Å². The van der Waals surface area contributed by atoms with E-state index in [1.54, 1.807) is 19.1 Å². The van der Waals surface area contributed by atoms with Crippen molar-refractivity contribution in [3.8, 4) is 17.2 Å². The van der Waals surface area contributed by atoms with Crippen molar-refractivity contribution >= 4 is 34.4 Å². The summed E-state index contributed by atoms with van der Waals surface area (Å²) in [6.45, 7) is 3.76. The van der Waals surface area contributed by atoms with Gasteiger partial charge in [-0.15, -0.1) is 0 Å². The number of rotatable bonds is 5. The van der Waals surface area contributed by atoms with Gasteiger partial charge in [0.2, 0.25) is 11.6 Å². The second kappa shape index (κ2) is 7.91. The van der Waals surface area contributed by atoms with Crippen LogP contribution in [0.25, 0.3) is 22.6 Å². The molecule has 0 unspecified atom stereocenters. The molecule has 10 heteroatoms. The second-order valence-corrected chi connectivity index (χ2v) is 7.12. The van der Waals surface area contributed by atoms with E-state index in [1.165, 1.54) is 0 Å².